The molecule has 2 aromatic rings. The van der Waals surface area contributed by atoms with E-state index in [2.05, 4.69) is 4.72 Å². The van der Waals surface area contributed by atoms with E-state index in [1.165, 1.54) is 6.07 Å². The number of carbonyl (C=O) groups excluding carboxylic acids is 1. The average Bonchev–Trinajstić information content (AvgIpc) is 2.57. The van der Waals surface area contributed by atoms with E-state index in [1.54, 1.807) is 31.2 Å². The monoisotopic (exact) mass is 361 g/mol. The molecule has 0 atom stereocenters. The molecular formula is C19H23NO4S. The van der Waals surface area contributed by atoms with Gasteiger partial charge in [0.1, 0.15) is 0 Å². The van der Waals surface area contributed by atoms with E-state index in [9.17, 15) is 13.2 Å². The quantitative estimate of drug-likeness (QED) is 0.596. The lowest BCUT2D eigenvalue weighted by Crippen LogP contribution is -2.16. The standard InChI is InChI=1S/C19H23NO4S/c1-4-5-12-24-19(21)16-9-8-15(3)18(13-16)25(22,23)20-17-10-6-14(2)7-11-17/h6-11,13,20H,4-5,12H2,1-3H3. The molecule has 1 N–H and O–H groups in total. The first-order chi connectivity index (χ1) is 11.8. The van der Waals surface area contributed by atoms with Crippen LogP contribution in [0.25, 0.3) is 0 Å². The van der Waals surface area contributed by atoms with Crippen LogP contribution in [0.3, 0.4) is 0 Å². The second-order valence-corrected chi connectivity index (χ2v) is 7.59. The van der Waals surface area contributed by atoms with Gasteiger partial charge in [-0.2, -0.15) is 0 Å². The zero-order valence-corrected chi connectivity index (χ0v) is 15.5. The minimum atomic E-state index is -3.80. The first-order valence-electron chi connectivity index (χ1n) is 8.21. The van der Waals surface area contributed by atoms with Crippen molar-refractivity contribution in [1.29, 1.82) is 0 Å². The number of sulfonamides is 1. The third-order valence-electron chi connectivity index (χ3n) is 3.75. The van der Waals surface area contributed by atoms with Gasteiger partial charge in [0, 0.05) is 5.69 Å². The van der Waals surface area contributed by atoms with Crippen molar-refractivity contribution in [3.05, 3.63) is 59.2 Å². The largest absolute Gasteiger partial charge is 0.462 e. The number of hydrogen-bond donors (Lipinski definition) is 1. The highest BCUT2D eigenvalue weighted by Gasteiger charge is 2.20. The Bertz CT molecular complexity index is 842. The van der Waals surface area contributed by atoms with Gasteiger partial charge < -0.3 is 4.74 Å². The summed E-state index contributed by atoms with van der Waals surface area (Å²) in [5.74, 6) is -0.514. The van der Waals surface area contributed by atoms with Crippen LogP contribution in [0.2, 0.25) is 0 Å². The molecule has 0 aliphatic carbocycles. The van der Waals surface area contributed by atoms with Crippen molar-refractivity contribution in [3.8, 4) is 0 Å². The summed E-state index contributed by atoms with van der Waals surface area (Å²) in [5.41, 5.74) is 2.30. The number of unbranched alkanes of at least 4 members (excludes halogenated alkanes) is 1. The molecule has 0 spiro atoms. The molecule has 0 heterocycles. The molecule has 0 radical (unpaired) electrons. The molecule has 25 heavy (non-hydrogen) atoms. The van der Waals surface area contributed by atoms with Crippen molar-refractivity contribution in [2.45, 2.75) is 38.5 Å². The zero-order valence-electron chi connectivity index (χ0n) is 14.7. The van der Waals surface area contributed by atoms with Gasteiger partial charge in [0.15, 0.2) is 0 Å². The number of esters is 1. The molecule has 0 aromatic heterocycles. The maximum Gasteiger partial charge on any atom is 0.338 e. The second kappa shape index (κ2) is 8.16. The van der Waals surface area contributed by atoms with Gasteiger partial charge >= 0.3 is 5.97 Å². The van der Waals surface area contributed by atoms with Crippen LogP contribution in [0, 0.1) is 13.8 Å². The van der Waals surface area contributed by atoms with Crippen LogP contribution >= 0.6 is 0 Å². The molecule has 0 unspecified atom stereocenters. The third-order valence-corrected chi connectivity index (χ3v) is 5.27. The summed E-state index contributed by atoms with van der Waals surface area (Å²) in [7, 11) is -3.80. The SMILES string of the molecule is CCCCOC(=O)c1ccc(C)c(S(=O)(=O)Nc2ccc(C)cc2)c1. The summed E-state index contributed by atoms with van der Waals surface area (Å²) in [6.07, 6.45) is 1.69. The lowest BCUT2D eigenvalue weighted by molar-refractivity contribution is 0.0499. The Kier molecular flexibility index (Phi) is 6.20. The summed E-state index contributed by atoms with van der Waals surface area (Å²) in [6.45, 7) is 5.94. The zero-order chi connectivity index (χ0) is 18.4. The number of benzene rings is 2. The van der Waals surface area contributed by atoms with Gasteiger partial charge in [-0.3, -0.25) is 4.72 Å². The Morgan fingerprint density at radius 1 is 1.08 bits per heavy atom. The number of aryl methyl sites for hydroxylation is 2. The average molecular weight is 361 g/mol. The minimum Gasteiger partial charge on any atom is -0.462 e. The lowest BCUT2D eigenvalue weighted by atomic mass is 10.1. The van der Waals surface area contributed by atoms with Crippen molar-refractivity contribution in [2.75, 3.05) is 11.3 Å². The predicted molar refractivity (Wildman–Crippen MR) is 98.4 cm³/mol. The summed E-state index contributed by atoms with van der Waals surface area (Å²) in [4.78, 5) is 12.1. The van der Waals surface area contributed by atoms with E-state index in [0.717, 1.165) is 18.4 Å². The maximum atomic E-state index is 12.7. The van der Waals surface area contributed by atoms with Crippen molar-refractivity contribution >= 4 is 21.7 Å². The number of nitrogens with one attached hydrogen (secondary N) is 1. The highest BCUT2D eigenvalue weighted by molar-refractivity contribution is 7.92. The van der Waals surface area contributed by atoms with E-state index in [4.69, 9.17) is 4.74 Å². The molecule has 2 aromatic carbocycles. The molecular weight excluding hydrogens is 338 g/mol. The smallest absolute Gasteiger partial charge is 0.338 e. The van der Waals surface area contributed by atoms with E-state index in [-0.39, 0.29) is 10.5 Å². The minimum absolute atomic E-state index is 0.0676. The molecule has 2 rings (SSSR count). The molecule has 134 valence electrons. The summed E-state index contributed by atoms with van der Waals surface area (Å²) in [6, 6.07) is 11.6. The lowest BCUT2D eigenvalue weighted by Gasteiger charge is -2.12. The number of rotatable bonds is 7. The number of ether oxygens (including phenoxy) is 1. The van der Waals surface area contributed by atoms with Gasteiger partial charge in [-0.1, -0.05) is 37.1 Å². The molecule has 0 fully saturated rings. The van der Waals surface area contributed by atoms with Crippen molar-refractivity contribution in [2.24, 2.45) is 0 Å². The molecule has 6 heteroatoms. The van der Waals surface area contributed by atoms with Crippen LogP contribution in [-0.2, 0) is 14.8 Å². The Balaban J connectivity index is 2.26. The molecule has 0 saturated carbocycles. The van der Waals surface area contributed by atoms with Gasteiger partial charge in [-0.15, -0.1) is 0 Å². The van der Waals surface area contributed by atoms with Crippen LogP contribution < -0.4 is 4.72 Å². The Hall–Kier alpha value is -2.34. The van der Waals surface area contributed by atoms with Crippen LogP contribution in [0.4, 0.5) is 5.69 Å². The number of carbonyl (C=O) groups is 1. The third kappa shape index (κ3) is 5.06. The van der Waals surface area contributed by atoms with Gasteiger partial charge in [-0.25, -0.2) is 13.2 Å². The fourth-order valence-electron chi connectivity index (χ4n) is 2.24. The van der Waals surface area contributed by atoms with Crippen molar-refractivity contribution < 1.29 is 17.9 Å². The van der Waals surface area contributed by atoms with E-state index in [1.807, 2.05) is 26.0 Å². The fraction of sp³-hybridized carbons (Fsp3) is 0.316. The van der Waals surface area contributed by atoms with Gasteiger partial charge in [0.05, 0.1) is 17.1 Å². The summed E-state index contributed by atoms with van der Waals surface area (Å²) >= 11 is 0. The van der Waals surface area contributed by atoms with Crippen LogP contribution in [0.1, 0.15) is 41.3 Å². The van der Waals surface area contributed by atoms with Crippen LogP contribution in [0.5, 0.6) is 0 Å². The van der Waals surface area contributed by atoms with Crippen LogP contribution in [-0.4, -0.2) is 21.0 Å². The predicted octanol–water partition coefficient (Wildman–Crippen LogP) is 4.06. The van der Waals surface area contributed by atoms with E-state index in [0.29, 0.717) is 17.9 Å². The Morgan fingerprint density at radius 3 is 2.40 bits per heavy atom. The highest BCUT2D eigenvalue weighted by atomic mass is 32.2. The first kappa shape index (κ1) is 19.0. The Morgan fingerprint density at radius 2 is 1.76 bits per heavy atom. The molecule has 0 bridgehead atoms. The summed E-state index contributed by atoms with van der Waals surface area (Å²) in [5, 5.41) is 0. The van der Waals surface area contributed by atoms with E-state index >= 15 is 0 Å². The summed E-state index contributed by atoms with van der Waals surface area (Å²) < 4.78 is 33.1. The van der Waals surface area contributed by atoms with Gasteiger partial charge in [0.25, 0.3) is 10.0 Å². The highest BCUT2D eigenvalue weighted by Crippen LogP contribution is 2.21. The van der Waals surface area contributed by atoms with Gasteiger partial charge in [-0.05, 0) is 50.1 Å². The second-order valence-electron chi connectivity index (χ2n) is 5.94. The first-order valence-corrected chi connectivity index (χ1v) is 9.69. The van der Waals surface area contributed by atoms with Crippen molar-refractivity contribution in [1.82, 2.24) is 0 Å². The molecule has 0 amide bonds. The van der Waals surface area contributed by atoms with E-state index < -0.39 is 16.0 Å². The van der Waals surface area contributed by atoms with Crippen LogP contribution in [0.15, 0.2) is 47.4 Å². The van der Waals surface area contributed by atoms with Crippen molar-refractivity contribution in [3.63, 3.8) is 0 Å². The number of hydrogen-bond acceptors (Lipinski definition) is 4. The molecule has 0 aliphatic heterocycles. The molecule has 0 saturated heterocycles. The molecule has 5 nitrogen and oxygen atoms in total. The van der Waals surface area contributed by atoms with Gasteiger partial charge in [0.2, 0.25) is 0 Å². The number of anilines is 1. The molecule has 0 aliphatic rings. The fourth-order valence-corrected chi connectivity index (χ4v) is 3.57. The Labute approximate surface area is 149 Å². The maximum absolute atomic E-state index is 12.7. The topological polar surface area (TPSA) is 72.5 Å². The normalized spacial score (nSPS) is 11.2.